The van der Waals surface area contributed by atoms with Crippen molar-refractivity contribution in [2.75, 3.05) is 6.54 Å². The lowest BCUT2D eigenvalue weighted by atomic mass is 9.81. The second-order valence-electron chi connectivity index (χ2n) is 6.35. The summed E-state index contributed by atoms with van der Waals surface area (Å²) in [4.78, 5) is 0. The molecule has 0 bridgehead atoms. The van der Waals surface area contributed by atoms with Crippen molar-refractivity contribution < 1.29 is 14.2 Å². The van der Waals surface area contributed by atoms with Crippen molar-refractivity contribution in [3.63, 3.8) is 0 Å². The third-order valence-corrected chi connectivity index (χ3v) is 6.36. The Hall–Kier alpha value is -1.14. The lowest BCUT2D eigenvalue weighted by molar-refractivity contribution is 0.0486. The van der Waals surface area contributed by atoms with E-state index >= 15 is 0 Å². The highest BCUT2D eigenvalue weighted by Gasteiger charge is 2.50. The van der Waals surface area contributed by atoms with Crippen LogP contribution in [-0.2, 0) is 12.0 Å². The molecular formula is C18H16BrClFNO2. The Bertz CT molecular complexity index is 788. The Morgan fingerprint density at radius 3 is 2.75 bits per heavy atom. The average Bonchev–Trinajstić information content (AvgIpc) is 3.18. The third-order valence-electron chi connectivity index (χ3n) is 4.89. The summed E-state index contributed by atoms with van der Waals surface area (Å²) in [5.41, 5.74) is 1.16. The first-order chi connectivity index (χ1) is 11.5. The van der Waals surface area contributed by atoms with Crippen LogP contribution in [0.4, 0.5) is 4.39 Å². The molecule has 2 aromatic carbocycles. The van der Waals surface area contributed by atoms with Crippen LogP contribution in [0.2, 0.25) is 5.02 Å². The van der Waals surface area contributed by atoms with E-state index in [2.05, 4.69) is 21.2 Å². The lowest BCUT2D eigenvalue weighted by Crippen LogP contribution is -2.48. The molecule has 2 aliphatic heterocycles. The molecule has 4 rings (SSSR count). The topological polar surface area (TPSA) is 41.5 Å². The van der Waals surface area contributed by atoms with Gasteiger partial charge in [-0.3, -0.25) is 0 Å². The molecule has 126 valence electrons. The van der Waals surface area contributed by atoms with Crippen molar-refractivity contribution >= 4 is 27.5 Å². The molecule has 0 aromatic heterocycles. The van der Waals surface area contributed by atoms with Gasteiger partial charge in [0.2, 0.25) is 0 Å². The van der Waals surface area contributed by atoms with Gasteiger partial charge in [-0.15, -0.1) is 0 Å². The van der Waals surface area contributed by atoms with Gasteiger partial charge in [0.25, 0.3) is 0 Å². The molecule has 24 heavy (non-hydrogen) atoms. The number of benzene rings is 2. The predicted molar refractivity (Wildman–Crippen MR) is 94.0 cm³/mol. The van der Waals surface area contributed by atoms with E-state index in [0.29, 0.717) is 29.6 Å². The standard InChI is InChI=1S/C18H16BrClFNO2/c19-16-12-8-18(10-4-2-1-3-5-10,15-6-11(23)9-22-15)24-14(12)7-13(21)17(16)20/h1-5,7,11,15,22-23H,6,8-9H2/t11-,15-,18-/m0/s1. The first-order valence-corrected chi connectivity index (χ1v) is 9.01. The molecule has 3 atom stereocenters. The number of rotatable bonds is 2. The Balaban J connectivity index is 1.83. The highest BCUT2D eigenvalue weighted by molar-refractivity contribution is 9.10. The van der Waals surface area contributed by atoms with Gasteiger partial charge < -0.3 is 15.2 Å². The van der Waals surface area contributed by atoms with Crippen LogP contribution in [0, 0.1) is 5.82 Å². The largest absolute Gasteiger partial charge is 0.480 e. The molecule has 0 amide bonds. The molecule has 6 heteroatoms. The van der Waals surface area contributed by atoms with Crippen LogP contribution in [0.3, 0.4) is 0 Å². The number of fused-ring (bicyclic) bond motifs is 1. The van der Waals surface area contributed by atoms with Crippen molar-refractivity contribution in [1.29, 1.82) is 0 Å². The van der Waals surface area contributed by atoms with E-state index in [1.54, 1.807) is 0 Å². The van der Waals surface area contributed by atoms with Crippen molar-refractivity contribution in [1.82, 2.24) is 5.32 Å². The number of aliphatic hydroxyl groups is 1. The summed E-state index contributed by atoms with van der Waals surface area (Å²) in [7, 11) is 0. The minimum absolute atomic E-state index is 0.0700. The molecule has 1 saturated heterocycles. The molecule has 2 aromatic rings. The van der Waals surface area contributed by atoms with Gasteiger partial charge in [-0.1, -0.05) is 41.9 Å². The van der Waals surface area contributed by atoms with Crippen LogP contribution in [0.1, 0.15) is 17.5 Å². The number of hydrogen-bond acceptors (Lipinski definition) is 3. The van der Waals surface area contributed by atoms with Gasteiger partial charge in [0, 0.05) is 29.1 Å². The van der Waals surface area contributed by atoms with E-state index in [0.717, 1.165) is 11.1 Å². The van der Waals surface area contributed by atoms with Crippen LogP contribution >= 0.6 is 27.5 Å². The van der Waals surface area contributed by atoms with Crippen LogP contribution < -0.4 is 10.1 Å². The number of nitrogens with one attached hydrogen (secondary N) is 1. The molecule has 0 aliphatic carbocycles. The van der Waals surface area contributed by atoms with Crippen LogP contribution in [-0.4, -0.2) is 23.8 Å². The monoisotopic (exact) mass is 411 g/mol. The zero-order valence-electron chi connectivity index (χ0n) is 12.7. The van der Waals surface area contributed by atoms with Gasteiger partial charge in [0.15, 0.2) is 5.60 Å². The first kappa shape index (κ1) is 16.3. The number of aliphatic hydroxyl groups excluding tert-OH is 1. The summed E-state index contributed by atoms with van der Waals surface area (Å²) in [6, 6.07) is 11.1. The number of β-amino-alcohol motifs (C(OH)–C–C–N with tert-alkyl or cyclic N) is 1. The first-order valence-electron chi connectivity index (χ1n) is 7.83. The quantitative estimate of drug-likeness (QED) is 0.737. The Morgan fingerprint density at radius 1 is 1.33 bits per heavy atom. The molecule has 0 radical (unpaired) electrons. The molecule has 2 N–H and O–H groups in total. The Morgan fingerprint density at radius 2 is 2.08 bits per heavy atom. The normalized spacial score (nSPS) is 28.7. The maximum absolute atomic E-state index is 14.0. The fraction of sp³-hybridized carbons (Fsp3) is 0.333. The smallest absolute Gasteiger partial charge is 0.153 e. The molecule has 3 nitrogen and oxygen atoms in total. The molecule has 2 heterocycles. The van der Waals surface area contributed by atoms with Gasteiger partial charge >= 0.3 is 0 Å². The molecule has 0 spiro atoms. The summed E-state index contributed by atoms with van der Waals surface area (Å²) >= 11 is 9.46. The Labute approximate surface area is 152 Å². The van der Waals surface area contributed by atoms with E-state index in [4.69, 9.17) is 16.3 Å². The van der Waals surface area contributed by atoms with Gasteiger partial charge in [-0.25, -0.2) is 4.39 Å². The second kappa shape index (κ2) is 5.99. The fourth-order valence-corrected chi connectivity index (χ4v) is 4.40. The zero-order valence-corrected chi connectivity index (χ0v) is 15.1. The summed E-state index contributed by atoms with van der Waals surface area (Å²) in [6.45, 7) is 0.523. The Kier molecular flexibility index (Phi) is 4.07. The minimum atomic E-state index is -0.694. The predicted octanol–water partition coefficient (Wildman–Crippen LogP) is 3.79. The average molecular weight is 413 g/mol. The number of hydrogen-bond donors (Lipinski definition) is 2. The van der Waals surface area contributed by atoms with Crippen molar-refractivity contribution in [2.24, 2.45) is 0 Å². The van der Waals surface area contributed by atoms with Gasteiger partial charge in [-0.05, 0) is 27.9 Å². The maximum atomic E-state index is 14.0. The highest BCUT2D eigenvalue weighted by Crippen LogP contribution is 2.49. The van der Waals surface area contributed by atoms with Crippen LogP contribution in [0.15, 0.2) is 40.9 Å². The number of ether oxygens (including phenoxy) is 1. The molecule has 2 aliphatic rings. The van der Waals surface area contributed by atoms with Gasteiger partial charge in [0.1, 0.15) is 11.6 Å². The molecular weight excluding hydrogens is 397 g/mol. The van der Waals surface area contributed by atoms with E-state index in [-0.39, 0.29) is 11.1 Å². The third kappa shape index (κ3) is 2.46. The van der Waals surface area contributed by atoms with E-state index < -0.39 is 17.5 Å². The molecule has 0 saturated carbocycles. The zero-order chi connectivity index (χ0) is 16.9. The van der Waals surface area contributed by atoms with Gasteiger partial charge in [0.05, 0.1) is 17.2 Å². The summed E-state index contributed by atoms with van der Waals surface area (Å²) in [5.74, 6) is -0.0126. The van der Waals surface area contributed by atoms with Crippen molar-refractivity contribution in [2.45, 2.75) is 30.6 Å². The maximum Gasteiger partial charge on any atom is 0.153 e. The lowest BCUT2D eigenvalue weighted by Gasteiger charge is -2.35. The second-order valence-corrected chi connectivity index (χ2v) is 7.52. The SMILES string of the molecule is O[C@@H]1CN[C@H]([C@@]2(c3ccccc3)Cc3c(cc(F)c(Cl)c3Br)O2)C1. The van der Waals surface area contributed by atoms with E-state index in [9.17, 15) is 9.50 Å². The summed E-state index contributed by atoms with van der Waals surface area (Å²) < 4.78 is 20.9. The number of halogens is 3. The highest BCUT2D eigenvalue weighted by atomic mass is 79.9. The van der Waals surface area contributed by atoms with E-state index in [1.807, 2.05) is 30.3 Å². The minimum Gasteiger partial charge on any atom is -0.480 e. The van der Waals surface area contributed by atoms with Crippen LogP contribution in [0.5, 0.6) is 5.75 Å². The fourth-order valence-electron chi connectivity index (χ4n) is 3.71. The summed E-state index contributed by atoms with van der Waals surface area (Å²) in [6.07, 6.45) is 0.722. The van der Waals surface area contributed by atoms with Crippen LogP contribution in [0.25, 0.3) is 0 Å². The van der Waals surface area contributed by atoms with Crippen molar-refractivity contribution in [3.05, 3.63) is 62.8 Å². The van der Waals surface area contributed by atoms with E-state index in [1.165, 1.54) is 6.07 Å². The van der Waals surface area contributed by atoms with Crippen molar-refractivity contribution in [3.8, 4) is 5.75 Å². The molecule has 1 fully saturated rings. The summed E-state index contributed by atoms with van der Waals surface area (Å²) in [5, 5.41) is 13.4. The van der Waals surface area contributed by atoms with Gasteiger partial charge in [-0.2, -0.15) is 0 Å². The molecule has 0 unspecified atom stereocenters.